The quantitative estimate of drug-likeness (QED) is 0.897. The number of hydrogen-bond donors (Lipinski definition) is 1. The maximum atomic E-state index is 5.87. The van der Waals surface area contributed by atoms with Crippen molar-refractivity contribution in [1.29, 1.82) is 0 Å². The molecule has 0 bridgehead atoms. The highest BCUT2D eigenvalue weighted by atomic mass is 16.5. The van der Waals surface area contributed by atoms with Crippen molar-refractivity contribution in [2.24, 2.45) is 0 Å². The fraction of sp³-hybridized carbons (Fsp3) is 0.647. The average Bonchev–Trinajstić information content (AvgIpc) is 2.41. The Kier molecular flexibility index (Phi) is 3.99. The molecule has 3 nitrogen and oxygen atoms in total. The van der Waals surface area contributed by atoms with E-state index >= 15 is 0 Å². The van der Waals surface area contributed by atoms with Crippen LogP contribution in [0.25, 0.3) is 0 Å². The lowest BCUT2D eigenvalue weighted by molar-refractivity contribution is 0.199. The second-order valence-corrected chi connectivity index (χ2v) is 6.43. The molecule has 1 atom stereocenters. The summed E-state index contributed by atoms with van der Waals surface area (Å²) in [6.45, 7) is 7.61. The molecule has 3 heteroatoms. The normalized spacial score (nSPS) is 24.2. The van der Waals surface area contributed by atoms with E-state index in [9.17, 15) is 0 Å². The minimum Gasteiger partial charge on any atom is -0.493 e. The molecule has 1 N–H and O–H groups in total. The van der Waals surface area contributed by atoms with Crippen LogP contribution >= 0.6 is 0 Å². The van der Waals surface area contributed by atoms with E-state index in [2.05, 4.69) is 43.2 Å². The van der Waals surface area contributed by atoms with E-state index in [1.807, 2.05) is 0 Å². The molecule has 0 unspecified atom stereocenters. The van der Waals surface area contributed by atoms with Gasteiger partial charge in [0, 0.05) is 24.1 Å². The molecule has 1 saturated heterocycles. The monoisotopic (exact) mass is 274 g/mol. The van der Waals surface area contributed by atoms with Gasteiger partial charge in [0.25, 0.3) is 0 Å². The van der Waals surface area contributed by atoms with Crippen molar-refractivity contribution in [2.75, 3.05) is 26.7 Å². The summed E-state index contributed by atoms with van der Waals surface area (Å²) in [4.78, 5) is 2.42. The van der Waals surface area contributed by atoms with Crippen LogP contribution in [0.15, 0.2) is 12.1 Å². The van der Waals surface area contributed by atoms with Crippen LogP contribution in [-0.2, 0) is 0 Å². The second-order valence-electron chi connectivity index (χ2n) is 6.43. The molecule has 1 fully saturated rings. The summed E-state index contributed by atoms with van der Waals surface area (Å²) < 4.78 is 5.87. The summed E-state index contributed by atoms with van der Waals surface area (Å²) in [5, 5.41) is 3.89. The molecule has 110 valence electrons. The van der Waals surface area contributed by atoms with Gasteiger partial charge in [-0.2, -0.15) is 0 Å². The Morgan fingerprint density at radius 1 is 1.15 bits per heavy atom. The maximum absolute atomic E-state index is 5.87. The first kappa shape index (κ1) is 13.9. The van der Waals surface area contributed by atoms with Gasteiger partial charge < -0.3 is 15.0 Å². The highest BCUT2D eigenvalue weighted by Crippen LogP contribution is 2.36. The van der Waals surface area contributed by atoms with Crippen LogP contribution in [0.5, 0.6) is 5.75 Å². The highest BCUT2D eigenvalue weighted by Gasteiger charge is 2.27. The summed E-state index contributed by atoms with van der Waals surface area (Å²) in [5.74, 6) is 1.10. The summed E-state index contributed by atoms with van der Waals surface area (Å²) >= 11 is 0. The summed E-state index contributed by atoms with van der Waals surface area (Å²) in [7, 11) is 2.22. The van der Waals surface area contributed by atoms with Gasteiger partial charge in [0.15, 0.2) is 0 Å². The number of ether oxygens (including phenoxy) is 1. The van der Waals surface area contributed by atoms with Crippen molar-refractivity contribution < 1.29 is 4.74 Å². The van der Waals surface area contributed by atoms with Crippen LogP contribution in [0.4, 0.5) is 0 Å². The first-order chi connectivity index (χ1) is 9.63. The third kappa shape index (κ3) is 2.84. The van der Waals surface area contributed by atoms with Crippen molar-refractivity contribution in [1.82, 2.24) is 10.2 Å². The van der Waals surface area contributed by atoms with Gasteiger partial charge >= 0.3 is 0 Å². The van der Waals surface area contributed by atoms with Gasteiger partial charge in [-0.05, 0) is 64.0 Å². The molecule has 0 saturated carbocycles. The van der Waals surface area contributed by atoms with Gasteiger partial charge in [-0.15, -0.1) is 0 Å². The molecule has 1 aromatic rings. The lowest BCUT2D eigenvalue weighted by atomic mass is 9.92. The van der Waals surface area contributed by atoms with Crippen LogP contribution in [0, 0.1) is 13.8 Å². The molecule has 20 heavy (non-hydrogen) atoms. The Hall–Kier alpha value is -1.06. The van der Waals surface area contributed by atoms with Crippen LogP contribution < -0.4 is 10.1 Å². The zero-order valence-electron chi connectivity index (χ0n) is 12.9. The van der Waals surface area contributed by atoms with E-state index in [0.717, 1.165) is 18.8 Å². The zero-order valence-corrected chi connectivity index (χ0v) is 12.9. The van der Waals surface area contributed by atoms with Gasteiger partial charge in [-0.25, -0.2) is 0 Å². The summed E-state index contributed by atoms with van der Waals surface area (Å²) in [5.41, 5.74) is 4.05. The molecule has 0 spiro atoms. The Bertz CT molecular complexity index is 478. The number of benzene rings is 1. The van der Waals surface area contributed by atoms with Gasteiger partial charge in [0.1, 0.15) is 5.75 Å². The van der Waals surface area contributed by atoms with E-state index in [-0.39, 0.29) is 0 Å². The topological polar surface area (TPSA) is 24.5 Å². The van der Waals surface area contributed by atoms with Gasteiger partial charge in [0.2, 0.25) is 0 Å². The van der Waals surface area contributed by atoms with Crippen LogP contribution in [-0.4, -0.2) is 37.7 Å². The maximum Gasteiger partial charge on any atom is 0.124 e. The van der Waals surface area contributed by atoms with Crippen molar-refractivity contribution in [3.8, 4) is 5.75 Å². The minimum atomic E-state index is 0.466. The predicted octanol–water partition coefficient (Wildman–Crippen LogP) is 2.81. The summed E-state index contributed by atoms with van der Waals surface area (Å²) in [6.07, 6.45) is 3.60. The van der Waals surface area contributed by atoms with E-state index in [1.54, 1.807) is 0 Å². The molecule has 2 aliphatic heterocycles. The van der Waals surface area contributed by atoms with Crippen molar-refractivity contribution in [3.05, 3.63) is 28.8 Å². The van der Waals surface area contributed by atoms with E-state index in [1.165, 1.54) is 42.6 Å². The first-order valence-electron chi connectivity index (χ1n) is 7.82. The predicted molar refractivity (Wildman–Crippen MR) is 82.4 cm³/mol. The van der Waals surface area contributed by atoms with Gasteiger partial charge in [-0.1, -0.05) is 6.07 Å². The molecule has 1 aromatic carbocycles. The number of nitrogens with one attached hydrogen (secondary N) is 1. The number of aryl methyl sites for hydroxylation is 2. The number of likely N-dealkylation sites (tertiary alicyclic amines) is 1. The van der Waals surface area contributed by atoms with Gasteiger partial charge in [0.05, 0.1) is 6.61 Å². The number of nitrogens with zero attached hydrogens (tertiary/aromatic N) is 1. The fourth-order valence-electron chi connectivity index (χ4n) is 3.56. The van der Waals surface area contributed by atoms with E-state index < -0.39 is 0 Å². The van der Waals surface area contributed by atoms with Gasteiger partial charge in [-0.3, -0.25) is 0 Å². The third-order valence-corrected chi connectivity index (χ3v) is 4.66. The molecule has 0 aromatic heterocycles. The molecule has 0 amide bonds. The second kappa shape index (κ2) is 5.74. The molecule has 3 rings (SSSR count). The molecule has 0 aliphatic carbocycles. The van der Waals surface area contributed by atoms with Crippen molar-refractivity contribution in [3.63, 3.8) is 0 Å². The highest BCUT2D eigenvalue weighted by molar-refractivity contribution is 5.46. The SMILES string of the molecule is Cc1cc(C)c2c(c1)OCC[C@@H]2NC1CCN(C)CC1. The smallest absolute Gasteiger partial charge is 0.124 e. The van der Waals surface area contributed by atoms with E-state index in [4.69, 9.17) is 4.74 Å². The first-order valence-corrected chi connectivity index (χ1v) is 7.82. The molecular weight excluding hydrogens is 248 g/mol. The Morgan fingerprint density at radius 2 is 1.90 bits per heavy atom. The molecular formula is C17H26N2O. The lowest BCUT2D eigenvalue weighted by Gasteiger charge is -2.35. The fourth-order valence-corrected chi connectivity index (χ4v) is 3.56. The Labute approximate surface area is 122 Å². The standard InChI is InChI=1S/C17H26N2O/c1-12-10-13(2)17-15(6-9-20-16(17)11-12)18-14-4-7-19(3)8-5-14/h10-11,14-15,18H,4-9H2,1-3H3/t15-/m0/s1. The van der Waals surface area contributed by atoms with Crippen molar-refractivity contribution >= 4 is 0 Å². The van der Waals surface area contributed by atoms with Crippen LogP contribution in [0.1, 0.15) is 42.0 Å². The van der Waals surface area contributed by atoms with E-state index in [0.29, 0.717) is 12.1 Å². The zero-order chi connectivity index (χ0) is 14.1. The number of hydrogen-bond acceptors (Lipinski definition) is 3. The van der Waals surface area contributed by atoms with Crippen LogP contribution in [0.3, 0.4) is 0 Å². The number of fused-ring (bicyclic) bond motifs is 1. The summed E-state index contributed by atoms with van der Waals surface area (Å²) in [6, 6.07) is 5.58. The van der Waals surface area contributed by atoms with Crippen LogP contribution in [0.2, 0.25) is 0 Å². The number of piperidine rings is 1. The molecule has 2 heterocycles. The number of rotatable bonds is 2. The Balaban J connectivity index is 1.76. The Morgan fingerprint density at radius 3 is 2.65 bits per heavy atom. The van der Waals surface area contributed by atoms with Crippen molar-refractivity contribution in [2.45, 2.75) is 45.2 Å². The molecule has 0 radical (unpaired) electrons. The lowest BCUT2D eigenvalue weighted by Crippen LogP contribution is -2.43. The average molecular weight is 274 g/mol. The molecule has 2 aliphatic rings. The largest absolute Gasteiger partial charge is 0.493 e. The third-order valence-electron chi connectivity index (χ3n) is 4.66. The minimum absolute atomic E-state index is 0.466.